The van der Waals surface area contributed by atoms with Crippen LogP contribution in [0.4, 0.5) is 4.79 Å². The van der Waals surface area contributed by atoms with Crippen molar-refractivity contribution < 1.29 is 9.53 Å². The molecule has 0 radical (unpaired) electrons. The molecule has 1 fully saturated rings. The Balaban J connectivity index is 1.51. The smallest absolute Gasteiger partial charge is 0.315 e. The van der Waals surface area contributed by atoms with E-state index in [-0.39, 0.29) is 24.2 Å². The van der Waals surface area contributed by atoms with Crippen LogP contribution in [0.2, 0.25) is 0 Å². The van der Waals surface area contributed by atoms with Gasteiger partial charge in [-0.15, -0.1) is 0 Å². The van der Waals surface area contributed by atoms with Crippen molar-refractivity contribution in [2.75, 3.05) is 0 Å². The maximum Gasteiger partial charge on any atom is 0.315 e. The fraction of sp³-hybridized carbons (Fsp3) is 0.500. The second kappa shape index (κ2) is 8.62. The van der Waals surface area contributed by atoms with Crippen LogP contribution < -0.4 is 10.6 Å². The van der Waals surface area contributed by atoms with E-state index in [0.29, 0.717) is 12.4 Å². The fourth-order valence-corrected chi connectivity index (χ4v) is 3.14. The van der Waals surface area contributed by atoms with Crippen molar-refractivity contribution in [1.82, 2.24) is 25.8 Å². The summed E-state index contributed by atoms with van der Waals surface area (Å²) in [5.74, 6) is 0.635. The van der Waals surface area contributed by atoms with Crippen LogP contribution in [-0.2, 0) is 11.3 Å². The zero-order valence-electron chi connectivity index (χ0n) is 14.4. The number of aromatic amines is 1. The Hall–Kier alpha value is -2.41. The van der Waals surface area contributed by atoms with E-state index in [9.17, 15) is 4.79 Å². The van der Waals surface area contributed by atoms with Crippen molar-refractivity contribution in [2.24, 2.45) is 0 Å². The molecule has 7 nitrogen and oxygen atoms in total. The van der Waals surface area contributed by atoms with Gasteiger partial charge in [-0.1, -0.05) is 43.2 Å². The predicted octanol–water partition coefficient (Wildman–Crippen LogP) is 2.69. The molecule has 0 aliphatic heterocycles. The Morgan fingerprint density at radius 1 is 1.32 bits per heavy atom. The monoisotopic (exact) mass is 343 g/mol. The highest BCUT2D eigenvalue weighted by Gasteiger charge is 2.27. The molecule has 3 rings (SSSR count). The zero-order valence-corrected chi connectivity index (χ0v) is 14.4. The molecule has 1 heterocycles. The molecule has 7 heteroatoms. The highest BCUT2D eigenvalue weighted by molar-refractivity contribution is 5.74. The summed E-state index contributed by atoms with van der Waals surface area (Å²) in [4.78, 5) is 16.4. The summed E-state index contributed by atoms with van der Waals surface area (Å²) in [6.45, 7) is 2.43. The molecule has 0 bridgehead atoms. The summed E-state index contributed by atoms with van der Waals surface area (Å²) in [6, 6.07) is 9.71. The number of rotatable bonds is 6. The average molecular weight is 343 g/mol. The minimum absolute atomic E-state index is 0.0272. The van der Waals surface area contributed by atoms with Crippen molar-refractivity contribution in [1.29, 1.82) is 0 Å². The topological polar surface area (TPSA) is 91.9 Å². The number of carbonyl (C=O) groups is 1. The highest BCUT2D eigenvalue weighted by Crippen LogP contribution is 2.22. The van der Waals surface area contributed by atoms with E-state index in [1.54, 1.807) is 0 Å². The van der Waals surface area contributed by atoms with Gasteiger partial charge in [0.1, 0.15) is 12.2 Å². The lowest BCUT2D eigenvalue weighted by molar-refractivity contribution is -0.00272. The van der Waals surface area contributed by atoms with Crippen molar-refractivity contribution >= 4 is 6.03 Å². The molecule has 3 atom stereocenters. The molecule has 2 aromatic rings. The van der Waals surface area contributed by atoms with Crippen molar-refractivity contribution in [3.05, 3.63) is 48.0 Å². The number of urea groups is 1. The molecule has 1 aliphatic rings. The average Bonchev–Trinajstić information content (AvgIpc) is 3.17. The van der Waals surface area contributed by atoms with Gasteiger partial charge in [0.15, 0.2) is 0 Å². The number of hydrogen-bond donors (Lipinski definition) is 3. The minimum Gasteiger partial charge on any atom is -0.371 e. The van der Waals surface area contributed by atoms with Crippen LogP contribution in [-0.4, -0.2) is 33.4 Å². The lowest BCUT2D eigenvalue weighted by atomic mass is 9.92. The molecule has 0 spiro atoms. The first-order valence-corrected chi connectivity index (χ1v) is 8.80. The molecule has 1 saturated carbocycles. The largest absolute Gasteiger partial charge is 0.371 e. The number of H-pyrrole nitrogens is 1. The van der Waals surface area contributed by atoms with Gasteiger partial charge in [-0.3, -0.25) is 5.10 Å². The molecule has 2 amide bonds. The van der Waals surface area contributed by atoms with E-state index in [1.807, 2.05) is 25.1 Å². The summed E-state index contributed by atoms with van der Waals surface area (Å²) < 4.78 is 6.09. The Labute approximate surface area is 147 Å². The number of nitrogens with zero attached hydrogens (tertiary/aromatic N) is 2. The maximum absolute atomic E-state index is 12.3. The van der Waals surface area contributed by atoms with Gasteiger partial charge in [0.05, 0.1) is 24.8 Å². The number of amides is 2. The van der Waals surface area contributed by atoms with Crippen molar-refractivity contribution in [3.8, 4) is 0 Å². The standard InChI is InChI=1S/C18H25N5O2/c1-13(17-19-12-20-23-17)21-18(24)22-15-9-5-6-10-16(15)25-11-14-7-3-2-4-8-14/h2-4,7-8,12-13,15-16H,5-6,9-11H2,1H3,(H,19,20,23)(H2,21,22,24)/t13-,15-,16+/m0/s1. The van der Waals surface area contributed by atoms with Gasteiger partial charge < -0.3 is 15.4 Å². The van der Waals surface area contributed by atoms with Crippen molar-refractivity contribution in [2.45, 2.75) is 57.4 Å². The van der Waals surface area contributed by atoms with Crippen LogP contribution in [0.1, 0.15) is 50.0 Å². The normalized spacial score (nSPS) is 21.5. The molecule has 1 aromatic heterocycles. The fourth-order valence-electron chi connectivity index (χ4n) is 3.14. The Bertz CT molecular complexity index is 647. The van der Waals surface area contributed by atoms with Gasteiger partial charge in [-0.05, 0) is 25.3 Å². The second-order valence-electron chi connectivity index (χ2n) is 6.44. The van der Waals surface area contributed by atoms with Crippen LogP contribution in [0.3, 0.4) is 0 Å². The van der Waals surface area contributed by atoms with E-state index in [1.165, 1.54) is 6.33 Å². The van der Waals surface area contributed by atoms with Gasteiger partial charge in [0, 0.05) is 0 Å². The molecule has 1 aromatic carbocycles. The van der Waals surface area contributed by atoms with Gasteiger partial charge in [0.25, 0.3) is 0 Å². The molecular weight excluding hydrogens is 318 g/mol. The van der Waals surface area contributed by atoms with Crippen LogP contribution in [0, 0.1) is 0 Å². The number of ether oxygens (including phenoxy) is 1. The van der Waals surface area contributed by atoms with Gasteiger partial charge in [-0.2, -0.15) is 5.10 Å². The van der Waals surface area contributed by atoms with E-state index in [2.05, 4.69) is 37.9 Å². The SMILES string of the molecule is C[C@H](NC(=O)N[C@H]1CCCC[C@H]1OCc1ccccc1)c1ncn[nH]1. The van der Waals surface area contributed by atoms with Crippen LogP contribution >= 0.6 is 0 Å². The zero-order chi connectivity index (χ0) is 17.5. The second-order valence-corrected chi connectivity index (χ2v) is 6.44. The molecule has 0 saturated heterocycles. The van der Waals surface area contributed by atoms with E-state index < -0.39 is 0 Å². The molecule has 134 valence electrons. The summed E-state index contributed by atoms with van der Waals surface area (Å²) in [7, 11) is 0. The molecule has 25 heavy (non-hydrogen) atoms. The van der Waals surface area contributed by atoms with Gasteiger partial charge in [-0.25, -0.2) is 9.78 Å². The Kier molecular flexibility index (Phi) is 6.00. The molecule has 3 N–H and O–H groups in total. The quantitative estimate of drug-likeness (QED) is 0.752. The summed E-state index contributed by atoms with van der Waals surface area (Å²) >= 11 is 0. The maximum atomic E-state index is 12.3. The predicted molar refractivity (Wildman–Crippen MR) is 93.7 cm³/mol. The molecular formula is C18H25N5O2. The highest BCUT2D eigenvalue weighted by atomic mass is 16.5. The third kappa shape index (κ3) is 5.03. The van der Waals surface area contributed by atoms with Crippen molar-refractivity contribution in [3.63, 3.8) is 0 Å². The molecule has 0 unspecified atom stereocenters. The lowest BCUT2D eigenvalue weighted by Crippen LogP contribution is -2.50. The molecule has 1 aliphatic carbocycles. The Morgan fingerprint density at radius 2 is 2.12 bits per heavy atom. The van der Waals surface area contributed by atoms with E-state index in [0.717, 1.165) is 31.2 Å². The first-order chi connectivity index (χ1) is 12.2. The third-order valence-electron chi connectivity index (χ3n) is 4.52. The van der Waals surface area contributed by atoms with E-state index >= 15 is 0 Å². The number of carbonyl (C=O) groups excluding carboxylic acids is 1. The van der Waals surface area contributed by atoms with E-state index in [4.69, 9.17) is 4.74 Å². The number of benzene rings is 1. The van der Waals surface area contributed by atoms with Crippen LogP contribution in [0.5, 0.6) is 0 Å². The third-order valence-corrected chi connectivity index (χ3v) is 4.52. The van der Waals surface area contributed by atoms with Crippen LogP contribution in [0.25, 0.3) is 0 Å². The first-order valence-electron chi connectivity index (χ1n) is 8.80. The summed E-state index contributed by atoms with van der Waals surface area (Å²) in [5.41, 5.74) is 1.15. The van der Waals surface area contributed by atoms with Gasteiger partial charge >= 0.3 is 6.03 Å². The lowest BCUT2D eigenvalue weighted by Gasteiger charge is -2.32. The number of hydrogen-bond acceptors (Lipinski definition) is 4. The number of nitrogens with one attached hydrogen (secondary N) is 3. The summed E-state index contributed by atoms with van der Waals surface area (Å²) in [5, 5.41) is 12.5. The Morgan fingerprint density at radius 3 is 2.88 bits per heavy atom. The van der Waals surface area contributed by atoms with Gasteiger partial charge in [0.2, 0.25) is 0 Å². The number of aromatic nitrogens is 3. The summed E-state index contributed by atoms with van der Waals surface area (Å²) in [6.07, 6.45) is 5.61. The first kappa shape index (κ1) is 17.4. The van der Waals surface area contributed by atoms with Crippen LogP contribution in [0.15, 0.2) is 36.7 Å². The minimum atomic E-state index is -0.227.